The molecule has 0 atom stereocenters. The summed E-state index contributed by atoms with van der Waals surface area (Å²) in [6.07, 6.45) is 2.56. The third-order valence-electron chi connectivity index (χ3n) is 1.93. The number of methoxy groups -OCH3 is 1. The Morgan fingerprint density at radius 2 is 2.28 bits per heavy atom. The zero-order valence-corrected chi connectivity index (χ0v) is 11.4. The average molecular weight is 318 g/mol. The first-order valence-electron chi connectivity index (χ1n) is 5.17. The minimum atomic E-state index is -0.467. The molecule has 0 bridgehead atoms. The van der Waals surface area contributed by atoms with Gasteiger partial charge in [0.05, 0.1) is 13.2 Å². The van der Waals surface area contributed by atoms with Crippen LogP contribution in [-0.4, -0.2) is 26.2 Å². The smallest absolute Gasteiger partial charge is 0.267 e. The van der Waals surface area contributed by atoms with Crippen molar-refractivity contribution in [1.82, 2.24) is 5.48 Å². The van der Waals surface area contributed by atoms with E-state index < -0.39 is 11.7 Å². The van der Waals surface area contributed by atoms with Gasteiger partial charge < -0.3 is 4.74 Å². The molecule has 0 fully saturated rings. The molecule has 0 unspecified atom stereocenters. The molecular formula is C12H13BrFNO3. The van der Waals surface area contributed by atoms with Gasteiger partial charge >= 0.3 is 0 Å². The second-order valence-corrected chi connectivity index (χ2v) is 4.22. The van der Waals surface area contributed by atoms with E-state index in [4.69, 9.17) is 9.57 Å². The van der Waals surface area contributed by atoms with Crippen LogP contribution in [0, 0.1) is 5.82 Å². The van der Waals surface area contributed by atoms with Gasteiger partial charge in [0.15, 0.2) is 0 Å². The van der Waals surface area contributed by atoms with Gasteiger partial charge in [0.2, 0.25) is 0 Å². The number of amides is 1. The monoisotopic (exact) mass is 317 g/mol. The first kappa shape index (κ1) is 14.8. The summed E-state index contributed by atoms with van der Waals surface area (Å²) in [6, 6.07) is 4.47. The number of ether oxygens (including phenoxy) is 1. The maximum atomic E-state index is 13.3. The first-order valence-corrected chi connectivity index (χ1v) is 5.96. The molecule has 98 valence electrons. The maximum absolute atomic E-state index is 13.3. The molecule has 18 heavy (non-hydrogen) atoms. The van der Waals surface area contributed by atoms with E-state index in [1.54, 1.807) is 12.1 Å². The number of nitrogens with one attached hydrogen (secondary N) is 1. The van der Waals surface area contributed by atoms with Gasteiger partial charge in [-0.05, 0) is 24.3 Å². The zero-order valence-electron chi connectivity index (χ0n) is 9.78. The minimum Gasteiger partial charge on any atom is -0.382 e. The van der Waals surface area contributed by atoms with Crippen molar-refractivity contribution in [1.29, 1.82) is 0 Å². The molecule has 1 aromatic carbocycles. The largest absolute Gasteiger partial charge is 0.382 e. The van der Waals surface area contributed by atoms with Crippen LogP contribution in [0.2, 0.25) is 0 Å². The SMILES string of the molecule is COCCONC(=O)/C=C/c1cc(Br)ccc1F. The quantitative estimate of drug-likeness (QED) is 0.497. The summed E-state index contributed by atoms with van der Waals surface area (Å²) < 4.78 is 18.8. The van der Waals surface area contributed by atoms with Crippen molar-refractivity contribution in [3.05, 3.63) is 40.1 Å². The molecule has 0 aliphatic heterocycles. The lowest BCUT2D eigenvalue weighted by Gasteiger charge is -2.02. The van der Waals surface area contributed by atoms with Crippen molar-refractivity contribution >= 4 is 27.9 Å². The lowest BCUT2D eigenvalue weighted by molar-refractivity contribution is -0.129. The van der Waals surface area contributed by atoms with Gasteiger partial charge in [-0.1, -0.05) is 15.9 Å². The van der Waals surface area contributed by atoms with Gasteiger partial charge in [0, 0.05) is 23.2 Å². The van der Waals surface area contributed by atoms with Crippen molar-refractivity contribution in [2.45, 2.75) is 0 Å². The standard InChI is InChI=1S/C12H13BrFNO3/c1-17-6-7-18-15-12(16)5-2-9-8-10(13)3-4-11(9)14/h2-5,8H,6-7H2,1H3,(H,15,16)/b5-2+. The molecule has 1 amide bonds. The molecule has 0 spiro atoms. The van der Waals surface area contributed by atoms with Crippen molar-refractivity contribution < 1.29 is 18.8 Å². The van der Waals surface area contributed by atoms with Crippen LogP contribution in [0.1, 0.15) is 5.56 Å². The van der Waals surface area contributed by atoms with E-state index in [0.29, 0.717) is 12.2 Å². The number of hydrogen-bond acceptors (Lipinski definition) is 3. The van der Waals surface area contributed by atoms with E-state index >= 15 is 0 Å². The predicted octanol–water partition coefficient (Wildman–Crippen LogP) is 2.30. The van der Waals surface area contributed by atoms with Crippen LogP contribution in [0.3, 0.4) is 0 Å². The fourth-order valence-corrected chi connectivity index (χ4v) is 1.47. The number of carbonyl (C=O) groups is 1. The summed E-state index contributed by atoms with van der Waals surface area (Å²) in [5.74, 6) is -0.868. The lowest BCUT2D eigenvalue weighted by atomic mass is 10.2. The second kappa shape index (κ2) is 7.97. The van der Waals surface area contributed by atoms with E-state index in [0.717, 1.165) is 4.47 Å². The van der Waals surface area contributed by atoms with Gasteiger partial charge in [-0.2, -0.15) is 0 Å². The molecule has 1 aromatic rings. The second-order valence-electron chi connectivity index (χ2n) is 3.31. The zero-order chi connectivity index (χ0) is 13.4. The third-order valence-corrected chi connectivity index (χ3v) is 2.43. The number of carbonyl (C=O) groups excluding carboxylic acids is 1. The highest BCUT2D eigenvalue weighted by Gasteiger charge is 2.00. The minimum absolute atomic E-state index is 0.251. The van der Waals surface area contributed by atoms with Crippen LogP contribution < -0.4 is 5.48 Å². The summed E-state index contributed by atoms with van der Waals surface area (Å²) in [7, 11) is 1.53. The maximum Gasteiger partial charge on any atom is 0.267 e. The van der Waals surface area contributed by atoms with Gasteiger partial charge in [0.25, 0.3) is 5.91 Å². The molecule has 0 saturated carbocycles. The highest BCUT2D eigenvalue weighted by Crippen LogP contribution is 2.16. The molecule has 0 heterocycles. The van der Waals surface area contributed by atoms with Crippen LogP contribution >= 0.6 is 15.9 Å². The highest BCUT2D eigenvalue weighted by molar-refractivity contribution is 9.10. The first-order chi connectivity index (χ1) is 8.63. The van der Waals surface area contributed by atoms with Gasteiger partial charge in [0.1, 0.15) is 5.82 Å². The van der Waals surface area contributed by atoms with Gasteiger partial charge in [-0.3, -0.25) is 9.63 Å². The third kappa shape index (κ3) is 5.39. The lowest BCUT2D eigenvalue weighted by Crippen LogP contribution is -2.23. The molecule has 0 saturated heterocycles. The molecular weight excluding hydrogens is 305 g/mol. The van der Waals surface area contributed by atoms with Crippen molar-refractivity contribution in [3.63, 3.8) is 0 Å². The Morgan fingerprint density at radius 1 is 1.50 bits per heavy atom. The van der Waals surface area contributed by atoms with Gasteiger partial charge in [-0.25, -0.2) is 9.87 Å². The molecule has 6 heteroatoms. The van der Waals surface area contributed by atoms with Crippen molar-refractivity contribution in [2.75, 3.05) is 20.3 Å². The van der Waals surface area contributed by atoms with Crippen molar-refractivity contribution in [2.24, 2.45) is 0 Å². The summed E-state index contributed by atoms with van der Waals surface area (Å²) >= 11 is 3.22. The van der Waals surface area contributed by atoms with Gasteiger partial charge in [-0.15, -0.1) is 0 Å². The van der Waals surface area contributed by atoms with E-state index in [1.165, 1.54) is 25.3 Å². The van der Waals surface area contributed by atoms with Crippen LogP contribution in [0.4, 0.5) is 4.39 Å². The number of rotatable bonds is 6. The van der Waals surface area contributed by atoms with Crippen LogP contribution in [0.15, 0.2) is 28.7 Å². The molecule has 0 radical (unpaired) electrons. The summed E-state index contributed by atoms with van der Waals surface area (Å²) in [5, 5.41) is 0. The Labute approximate surface area is 113 Å². The Hall–Kier alpha value is -1.24. The summed E-state index contributed by atoms with van der Waals surface area (Å²) in [6.45, 7) is 0.631. The van der Waals surface area contributed by atoms with Crippen molar-refractivity contribution in [3.8, 4) is 0 Å². The Bertz CT molecular complexity index is 437. The molecule has 0 aromatic heterocycles. The Morgan fingerprint density at radius 3 is 3.00 bits per heavy atom. The predicted molar refractivity (Wildman–Crippen MR) is 69.1 cm³/mol. The number of benzene rings is 1. The fourth-order valence-electron chi connectivity index (χ4n) is 1.09. The topological polar surface area (TPSA) is 47.6 Å². The number of hydroxylamine groups is 1. The van der Waals surface area contributed by atoms with E-state index in [-0.39, 0.29) is 6.61 Å². The van der Waals surface area contributed by atoms with Crippen LogP contribution in [0.25, 0.3) is 6.08 Å². The Balaban J connectivity index is 2.48. The number of halogens is 2. The molecule has 4 nitrogen and oxygen atoms in total. The molecule has 0 aliphatic rings. The molecule has 1 N–H and O–H groups in total. The Kier molecular flexibility index (Phi) is 6.56. The number of hydrogen-bond donors (Lipinski definition) is 1. The van der Waals surface area contributed by atoms with E-state index in [1.807, 2.05) is 0 Å². The summed E-state index contributed by atoms with van der Waals surface area (Å²) in [5.41, 5.74) is 2.50. The molecule has 0 aliphatic carbocycles. The molecule has 1 rings (SSSR count). The normalized spacial score (nSPS) is 10.8. The van der Waals surface area contributed by atoms with Crippen LogP contribution in [0.5, 0.6) is 0 Å². The highest BCUT2D eigenvalue weighted by atomic mass is 79.9. The van der Waals surface area contributed by atoms with E-state index in [9.17, 15) is 9.18 Å². The van der Waals surface area contributed by atoms with E-state index in [2.05, 4.69) is 21.4 Å². The van der Waals surface area contributed by atoms with Crippen LogP contribution in [-0.2, 0) is 14.4 Å². The summed E-state index contributed by atoms with van der Waals surface area (Å²) in [4.78, 5) is 16.1. The fraction of sp³-hybridized carbons (Fsp3) is 0.250. The average Bonchev–Trinajstić information content (AvgIpc) is 2.36.